The van der Waals surface area contributed by atoms with Crippen LogP contribution in [0.1, 0.15) is 21.1 Å². The number of thiazole rings is 1. The number of hydrogen-bond acceptors (Lipinski definition) is 7. The molecule has 0 aliphatic carbocycles. The van der Waals surface area contributed by atoms with Crippen LogP contribution in [-0.4, -0.2) is 44.2 Å². The van der Waals surface area contributed by atoms with Crippen LogP contribution in [0.15, 0.2) is 46.2 Å². The van der Waals surface area contributed by atoms with Gasteiger partial charge in [-0.05, 0) is 37.3 Å². The monoisotopic (exact) mass is 481 g/mol. The average molecular weight is 482 g/mol. The van der Waals surface area contributed by atoms with Gasteiger partial charge in [0.15, 0.2) is 0 Å². The highest BCUT2D eigenvalue weighted by molar-refractivity contribution is 7.09. The zero-order valence-electron chi connectivity index (χ0n) is 18.9. The largest absolute Gasteiger partial charge is 0.485 e. The number of ether oxygens (including phenoxy) is 2. The fourth-order valence-electron chi connectivity index (χ4n) is 4.06. The van der Waals surface area contributed by atoms with E-state index in [0.717, 1.165) is 16.4 Å². The molecule has 2 aromatic carbocycles. The average Bonchev–Trinajstić information content (AvgIpc) is 3.45. The molecule has 0 radical (unpaired) electrons. The Hall–Kier alpha value is -3.43. The molecule has 0 saturated carbocycles. The molecule has 1 N–H and O–H groups in total. The minimum atomic E-state index is -0.357. The van der Waals surface area contributed by atoms with Gasteiger partial charge in [0, 0.05) is 42.5 Å². The number of aryl methyl sites for hydroxylation is 1. The number of benzene rings is 2. The van der Waals surface area contributed by atoms with Crippen molar-refractivity contribution in [2.75, 3.05) is 38.3 Å². The van der Waals surface area contributed by atoms with Gasteiger partial charge in [-0.15, -0.1) is 11.3 Å². The summed E-state index contributed by atoms with van der Waals surface area (Å²) in [5.41, 5.74) is 3.26. The third kappa shape index (κ3) is 4.36. The molecule has 0 unspecified atom stereocenters. The number of hydrogen-bond donors (Lipinski definition) is 1. The first-order chi connectivity index (χ1) is 16.5. The van der Waals surface area contributed by atoms with Gasteiger partial charge in [-0.3, -0.25) is 4.79 Å². The molecule has 0 bridgehead atoms. The molecule has 4 aromatic rings. The molecule has 3 heterocycles. The minimum absolute atomic E-state index is 0.293. The Kier molecular flexibility index (Phi) is 6.21. The van der Waals surface area contributed by atoms with Gasteiger partial charge in [0.25, 0.3) is 5.91 Å². The molecule has 7 nitrogen and oxygen atoms in total. The first-order valence-electron chi connectivity index (χ1n) is 11.0. The van der Waals surface area contributed by atoms with Crippen molar-refractivity contribution in [3.8, 4) is 17.1 Å². The van der Waals surface area contributed by atoms with Crippen LogP contribution < -0.4 is 15.0 Å². The number of rotatable bonds is 6. The number of morpholine rings is 1. The number of nitrogens with zero attached hydrogens (tertiary/aromatic N) is 2. The summed E-state index contributed by atoms with van der Waals surface area (Å²) < 4.78 is 31.5. The Bertz CT molecular complexity index is 1330. The fourth-order valence-corrected chi connectivity index (χ4v) is 4.66. The van der Waals surface area contributed by atoms with E-state index in [-0.39, 0.29) is 11.7 Å². The fraction of sp³-hybridized carbons (Fsp3) is 0.280. The summed E-state index contributed by atoms with van der Waals surface area (Å²) in [7, 11) is 1.57. The van der Waals surface area contributed by atoms with Crippen LogP contribution in [0.3, 0.4) is 0 Å². The van der Waals surface area contributed by atoms with Crippen molar-refractivity contribution in [3.63, 3.8) is 0 Å². The molecule has 1 aliphatic heterocycles. The van der Waals surface area contributed by atoms with Crippen LogP contribution in [0.4, 0.5) is 10.1 Å². The minimum Gasteiger partial charge on any atom is -0.485 e. The van der Waals surface area contributed by atoms with Crippen molar-refractivity contribution in [3.05, 3.63) is 63.9 Å². The number of amides is 1. The quantitative estimate of drug-likeness (QED) is 0.427. The van der Waals surface area contributed by atoms with Crippen molar-refractivity contribution >= 4 is 33.9 Å². The Labute approximate surface area is 200 Å². The summed E-state index contributed by atoms with van der Waals surface area (Å²) in [5.74, 6) is 0.369. The number of fused-ring (bicyclic) bond motifs is 1. The van der Waals surface area contributed by atoms with Gasteiger partial charge in [0.1, 0.15) is 29.5 Å². The van der Waals surface area contributed by atoms with E-state index in [1.807, 2.05) is 24.4 Å². The van der Waals surface area contributed by atoms with Crippen LogP contribution in [0, 0.1) is 12.7 Å². The smallest absolute Gasteiger partial charge is 0.255 e. The maximum atomic E-state index is 13.5. The summed E-state index contributed by atoms with van der Waals surface area (Å²) in [4.78, 5) is 19.6. The Morgan fingerprint density at radius 3 is 2.68 bits per heavy atom. The normalized spacial score (nSPS) is 13.9. The van der Waals surface area contributed by atoms with Crippen LogP contribution >= 0.6 is 11.3 Å². The second kappa shape index (κ2) is 9.44. The lowest BCUT2D eigenvalue weighted by atomic mass is 10.0. The number of aromatic nitrogens is 1. The molecular formula is C25H24FN3O4S. The Morgan fingerprint density at radius 2 is 2.00 bits per heavy atom. The number of furan rings is 1. The van der Waals surface area contributed by atoms with E-state index >= 15 is 0 Å². The molecule has 1 fully saturated rings. The van der Waals surface area contributed by atoms with Crippen LogP contribution in [0.5, 0.6) is 5.75 Å². The highest BCUT2D eigenvalue weighted by Gasteiger charge is 2.25. The van der Waals surface area contributed by atoms with Crippen molar-refractivity contribution in [1.82, 2.24) is 10.3 Å². The molecule has 9 heteroatoms. The summed E-state index contributed by atoms with van der Waals surface area (Å²) in [5, 5.41) is 6.26. The van der Waals surface area contributed by atoms with Crippen LogP contribution in [-0.2, 0) is 11.3 Å². The van der Waals surface area contributed by atoms with Gasteiger partial charge in [0.05, 0.1) is 35.2 Å². The van der Waals surface area contributed by atoms with Crippen LogP contribution in [0.25, 0.3) is 22.3 Å². The summed E-state index contributed by atoms with van der Waals surface area (Å²) in [6.07, 6.45) is 0. The van der Waals surface area contributed by atoms with E-state index < -0.39 is 0 Å². The summed E-state index contributed by atoms with van der Waals surface area (Å²) in [6, 6.07) is 9.65. The number of halogens is 1. The van der Waals surface area contributed by atoms with E-state index in [1.165, 1.54) is 12.1 Å². The maximum Gasteiger partial charge on any atom is 0.255 e. The lowest BCUT2D eigenvalue weighted by Gasteiger charge is -2.30. The molecule has 1 amide bonds. The third-order valence-electron chi connectivity index (χ3n) is 5.72. The molecule has 176 valence electrons. The maximum absolute atomic E-state index is 13.5. The van der Waals surface area contributed by atoms with Crippen molar-refractivity contribution in [2.24, 2.45) is 0 Å². The summed E-state index contributed by atoms with van der Waals surface area (Å²) >= 11 is 1.57. The first-order valence-corrected chi connectivity index (χ1v) is 11.9. The highest BCUT2D eigenvalue weighted by atomic mass is 32.1. The number of carbonyl (C=O) groups is 1. The Morgan fingerprint density at radius 1 is 1.24 bits per heavy atom. The van der Waals surface area contributed by atoms with Gasteiger partial charge in [0.2, 0.25) is 0 Å². The SMILES string of the molecule is CNC(=O)c1c(-c2ccc(F)cc2)oc2cc(N3CCOCC3)c(OCc3csc(C)n3)cc12. The van der Waals surface area contributed by atoms with Crippen molar-refractivity contribution in [2.45, 2.75) is 13.5 Å². The number of carbonyl (C=O) groups excluding carboxylic acids is 1. The van der Waals surface area contributed by atoms with Gasteiger partial charge in [-0.25, -0.2) is 9.37 Å². The molecule has 0 spiro atoms. The molecule has 1 aliphatic rings. The van der Waals surface area contributed by atoms with Gasteiger partial charge < -0.3 is 24.1 Å². The molecule has 1 saturated heterocycles. The first kappa shape index (κ1) is 22.4. The van der Waals surface area contributed by atoms with E-state index in [4.69, 9.17) is 13.9 Å². The summed E-state index contributed by atoms with van der Waals surface area (Å²) in [6.45, 7) is 4.93. The highest BCUT2D eigenvalue weighted by Crippen LogP contribution is 2.41. The van der Waals surface area contributed by atoms with Gasteiger partial charge in [-0.1, -0.05) is 0 Å². The van der Waals surface area contributed by atoms with E-state index in [0.29, 0.717) is 66.5 Å². The predicted octanol–water partition coefficient (Wildman–Crippen LogP) is 4.78. The van der Waals surface area contributed by atoms with Gasteiger partial charge >= 0.3 is 0 Å². The third-order valence-corrected chi connectivity index (χ3v) is 6.55. The van der Waals surface area contributed by atoms with Crippen LogP contribution in [0.2, 0.25) is 0 Å². The molecular weight excluding hydrogens is 457 g/mol. The lowest BCUT2D eigenvalue weighted by Crippen LogP contribution is -2.36. The predicted molar refractivity (Wildman–Crippen MR) is 129 cm³/mol. The molecule has 0 atom stereocenters. The zero-order valence-corrected chi connectivity index (χ0v) is 19.7. The lowest BCUT2D eigenvalue weighted by molar-refractivity contribution is 0.0964. The van der Waals surface area contributed by atoms with E-state index in [9.17, 15) is 9.18 Å². The van der Waals surface area contributed by atoms with E-state index in [1.54, 1.807) is 30.5 Å². The second-order valence-corrected chi connectivity index (χ2v) is 9.02. The topological polar surface area (TPSA) is 76.8 Å². The van der Waals surface area contributed by atoms with E-state index in [2.05, 4.69) is 15.2 Å². The molecule has 5 rings (SSSR count). The van der Waals surface area contributed by atoms with Crippen molar-refractivity contribution < 1.29 is 23.1 Å². The number of nitrogens with one attached hydrogen (secondary N) is 1. The molecule has 2 aromatic heterocycles. The number of anilines is 1. The standard InChI is InChI=1S/C25H24FN3O4S/c1-15-28-18(14-34-15)13-32-22-11-19-21(12-20(22)29-7-9-31-10-8-29)33-24(23(19)25(30)27-2)16-3-5-17(26)6-4-16/h3-6,11-12,14H,7-10,13H2,1-2H3,(H,27,30). The Balaban J connectivity index is 1.64. The zero-order chi connectivity index (χ0) is 23.7. The molecule has 34 heavy (non-hydrogen) atoms. The van der Waals surface area contributed by atoms with Gasteiger partial charge in [-0.2, -0.15) is 0 Å². The van der Waals surface area contributed by atoms with Crippen molar-refractivity contribution in [1.29, 1.82) is 0 Å². The second-order valence-electron chi connectivity index (χ2n) is 7.95.